The molecular weight excluding hydrogens is 485 g/mol. The molecule has 2 aliphatic rings. The molecule has 4 rings (SSSR count). The van der Waals surface area contributed by atoms with E-state index in [0.29, 0.717) is 18.4 Å². The van der Waals surface area contributed by atoms with Gasteiger partial charge >= 0.3 is 6.18 Å². The summed E-state index contributed by atoms with van der Waals surface area (Å²) in [6.07, 6.45) is 0.270. The van der Waals surface area contributed by atoms with Gasteiger partial charge in [0.15, 0.2) is 5.60 Å². The predicted octanol–water partition coefficient (Wildman–Crippen LogP) is 4.33. The van der Waals surface area contributed by atoms with Gasteiger partial charge in [-0.1, -0.05) is 11.6 Å². The fourth-order valence-corrected chi connectivity index (χ4v) is 5.01. The highest BCUT2D eigenvalue weighted by molar-refractivity contribution is 6.32. The Morgan fingerprint density at radius 3 is 2.31 bits per heavy atom. The van der Waals surface area contributed by atoms with E-state index in [1.807, 2.05) is 0 Å². The minimum atomic E-state index is -4.53. The maximum absolute atomic E-state index is 13.0. The van der Waals surface area contributed by atoms with Crippen molar-refractivity contribution in [3.05, 3.63) is 52.7 Å². The van der Waals surface area contributed by atoms with E-state index in [1.54, 1.807) is 26.0 Å². The number of alkyl halides is 3. The number of piperidine rings is 1. The number of benzene rings is 1. The zero-order chi connectivity index (χ0) is 25.5. The number of ether oxygens (including phenoxy) is 1. The Balaban J connectivity index is 1.39. The molecule has 11 heteroatoms. The average molecular weight is 511 g/mol. The number of nitrogens with two attached hydrogens (primary N) is 1. The van der Waals surface area contributed by atoms with E-state index in [4.69, 9.17) is 22.1 Å². The normalized spacial score (nSPS) is 22.1. The molecule has 188 valence electrons. The largest absolute Gasteiger partial charge is 0.476 e. The highest BCUT2D eigenvalue weighted by atomic mass is 35.5. The number of hydrogen-bond donors (Lipinski definition) is 2. The molecule has 1 aromatic carbocycles. The van der Waals surface area contributed by atoms with E-state index in [1.165, 1.54) is 6.20 Å². The number of primary amides is 1. The number of nitrogens with one attached hydrogen (secondary N) is 1. The molecule has 3 N–H and O–H groups in total. The molecule has 0 aliphatic carbocycles. The van der Waals surface area contributed by atoms with Crippen LogP contribution < -0.4 is 20.7 Å². The summed E-state index contributed by atoms with van der Waals surface area (Å²) in [7, 11) is 0. The van der Waals surface area contributed by atoms with Crippen molar-refractivity contribution in [3.8, 4) is 5.75 Å². The smallest absolute Gasteiger partial charge is 0.416 e. The molecule has 0 radical (unpaired) electrons. The summed E-state index contributed by atoms with van der Waals surface area (Å²) >= 11 is 5.99. The van der Waals surface area contributed by atoms with E-state index >= 15 is 0 Å². The molecule has 2 amide bonds. The average Bonchev–Trinajstić information content (AvgIpc) is 3.04. The molecular formula is C24H26ClF3N4O3. The Bertz CT molecular complexity index is 1110. The molecule has 35 heavy (non-hydrogen) atoms. The molecule has 0 spiro atoms. The van der Waals surface area contributed by atoms with Gasteiger partial charge in [-0.15, -0.1) is 0 Å². The molecule has 2 bridgehead atoms. The summed E-state index contributed by atoms with van der Waals surface area (Å²) in [6, 6.07) is 6.48. The number of halogens is 4. The molecule has 3 heterocycles. The lowest BCUT2D eigenvalue weighted by molar-refractivity contribution is -0.138. The Hall–Kier alpha value is -3.01. The van der Waals surface area contributed by atoms with Crippen LogP contribution in [0.15, 0.2) is 36.5 Å². The van der Waals surface area contributed by atoms with E-state index in [-0.39, 0.29) is 34.8 Å². The minimum Gasteiger partial charge on any atom is -0.476 e. The second-order valence-corrected chi connectivity index (χ2v) is 9.87. The van der Waals surface area contributed by atoms with Crippen molar-refractivity contribution in [1.82, 2.24) is 10.3 Å². The SMILES string of the molecule is CC(C)(Oc1ccc(C(F)(F)F)cc1Cl)C(=O)NC1C[C@H]2CC[C@@H](C1)N2c1ccc(C(N)=O)cn1. The standard InChI is InChI=1S/C24H26ClF3N4O3/c1-23(2,35-19-7-4-14(9-18(19)25)24(26,27)28)22(34)31-15-10-16-5-6-17(11-15)32(16)20-8-3-13(12-30-20)21(29)33/h3-4,7-9,12,15-17H,5-6,10-11H2,1-2H3,(H2,29,33)(H,31,34)/t15?,16-,17+. The molecule has 2 aliphatic heterocycles. The minimum absolute atomic E-state index is 0.000174. The number of hydrogen-bond acceptors (Lipinski definition) is 5. The maximum atomic E-state index is 13.0. The van der Waals surface area contributed by atoms with Crippen LogP contribution in [-0.2, 0) is 11.0 Å². The van der Waals surface area contributed by atoms with Gasteiger partial charge in [-0.25, -0.2) is 4.98 Å². The van der Waals surface area contributed by atoms with Gasteiger partial charge < -0.3 is 20.7 Å². The summed E-state index contributed by atoms with van der Waals surface area (Å²) in [5, 5.41) is 2.82. The van der Waals surface area contributed by atoms with Crippen LogP contribution in [0.5, 0.6) is 5.75 Å². The number of carbonyl (C=O) groups excluding carboxylic acids is 2. The van der Waals surface area contributed by atoms with Crippen LogP contribution in [0.3, 0.4) is 0 Å². The molecule has 1 unspecified atom stereocenters. The van der Waals surface area contributed by atoms with Crippen LogP contribution in [-0.4, -0.2) is 40.5 Å². The van der Waals surface area contributed by atoms with Crippen LogP contribution in [0.2, 0.25) is 5.02 Å². The Morgan fingerprint density at radius 2 is 1.80 bits per heavy atom. The summed E-state index contributed by atoms with van der Waals surface area (Å²) in [5.74, 6) is -0.140. The highest BCUT2D eigenvalue weighted by Gasteiger charge is 2.43. The zero-order valence-corrected chi connectivity index (χ0v) is 20.0. The Kier molecular flexibility index (Phi) is 6.61. The van der Waals surface area contributed by atoms with E-state index in [0.717, 1.165) is 36.9 Å². The second kappa shape index (κ2) is 9.22. The molecule has 1 aromatic heterocycles. The molecule has 3 atom stereocenters. The Labute approximate surface area is 205 Å². The molecule has 7 nitrogen and oxygen atoms in total. The number of rotatable bonds is 6. The maximum Gasteiger partial charge on any atom is 0.416 e. The van der Waals surface area contributed by atoms with Crippen molar-refractivity contribution in [2.24, 2.45) is 5.73 Å². The zero-order valence-electron chi connectivity index (χ0n) is 19.2. The molecule has 2 aromatic rings. The third kappa shape index (κ3) is 5.32. The summed E-state index contributed by atoms with van der Waals surface area (Å²) in [5.41, 5.74) is 3.39. The lowest BCUT2D eigenvalue weighted by Gasteiger charge is -2.40. The van der Waals surface area contributed by atoms with E-state index in [2.05, 4.69) is 15.2 Å². The van der Waals surface area contributed by atoms with Crippen molar-refractivity contribution in [1.29, 1.82) is 0 Å². The van der Waals surface area contributed by atoms with Crippen molar-refractivity contribution >= 4 is 29.2 Å². The van der Waals surface area contributed by atoms with Crippen molar-refractivity contribution in [3.63, 3.8) is 0 Å². The highest BCUT2D eigenvalue weighted by Crippen LogP contribution is 2.39. The number of aromatic nitrogens is 1. The van der Waals surface area contributed by atoms with Gasteiger partial charge in [-0.3, -0.25) is 9.59 Å². The first-order chi connectivity index (χ1) is 16.3. The lowest BCUT2D eigenvalue weighted by Crippen LogP contribution is -2.55. The van der Waals surface area contributed by atoms with Gasteiger partial charge in [0.25, 0.3) is 5.91 Å². The van der Waals surface area contributed by atoms with Crippen LogP contribution in [0.4, 0.5) is 19.0 Å². The number of fused-ring (bicyclic) bond motifs is 2. The molecule has 2 fully saturated rings. The van der Waals surface area contributed by atoms with Crippen LogP contribution >= 0.6 is 11.6 Å². The van der Waals surface area contributed by atoms with Crippen LogP contribution in [0.1, 0.15) is 55.5 Å². The van der Waals surface area contributed by atoms with E-state index < -0.39 is 23.2 Å². The van der Waals surface area contributed by atoms with Crippen molar-refractivity contribution < 1.29 is 27.5 Å². The molecule has 0 saturated carbocycles. The fourth-order valence-electron chi connectivity index (χ4n) is 4.79. The first-order valence-corrected chi connectivity index (χ1v) is 11.6. The number of pyridine rings is 1. The van der Waals surface area contributed by atoms with E-state index in [9.17, 15) is 22.8 Å². The first-order valence-electron chi connectivity index (χ1n) is 11.3. The third-order valence-electron chi connectivity index (χ3n) is 6.54. The van der Waals surface area contributed by atoms with Crippen LogP contribution in [0, 0.1) is 0 Å². The summed E-state index contributed by atoms with van der Waals surface area (Å²) in [6.45, 7) is 3.09. The topological polar surface area (TPSA) is 97.5 Å². The number of amides is 2. The second-order valence-electron chi connectivity index (χ2n) is 9.46. The lowest BCUT2D eigenvalue weighted by atomic mass is 9.96. The number of anilines is 1. The quantitative estimate of drug-likeness (QED) is 0.603. The Morgan fingerprint density at radius 1 is 1.14 bits per heavy atom. The van der Waals surface area contributed by atoms with Gasteiger partial charge in [0, 0.05) is 24.3 Å². The van der Waals surface area contributed by atoms with Gasteiger partial charge in [0.05, 0.1) is 16.1 Å². The number of nitrogens with zero attached hydrogens (tertiary/aromatic N) is 2. The van der Waals surface area contributed by atoms with Gasteiger partial charge in [-0.05, 0) is 69.9 Å². The first kappa shape index (κ1) is 25.1. The van der Waals surface area contributed by atoms with Crippen molar-refractivity contribution in [2.45, 2.75) is 69.4 Å². The van der Waals surface area contributed by atoms with Gasteiger partial charge in [0.1, 0.15) is 11.6 Å². The summed E-state index contributed by atoms with van der Waals surface area (Å²) < 4.78 is 44.4. The number of carbonyl (C=O) groups is 2. The van der Waals surface area contributed by atoms with Crippen LogP contribution in [0.25, 0.3) is 0 Å². The van der Waals surface area contributed by atoms with Gasteiger partial charge in [-0.2, -0.15) is 13.2 Å². The predicted molar refractivity (Wildman–Crippen MR) is 124 cm³/mol. The van der Waals surface area contributed by atoms with Crippen molar-refractivity contribution in [2.75, 3.05) is 4.90 Å². The monoisotopic (exact) mass is 510 g/mol. The van der Waals surface area contributed by atoms with Gasteiger partial charge in [0.2, 0.25) is 5.91 Å². The third-order valence-corrected chi connectivity index (χ3v) is 6.83. The molecule has 2 saturated heterocycles. The summed E-state index contributed by atoms with van der Waals surface area (Å²) in [4.78, 5) is 31.0. The fraction of sp³-hybridized carbons (Fsp3) is 0.458.